The van der Waals surface area contributed by atoms with Crippen LogP contribution in [0.3, 0.4) is 0 Å². The van der Waals surface area contributed by atoms with Gasteiger partial charge in [-0.3, -0.25) is 9.69 Å². The van der Waals surface area contributed by atoms with E-state index in [2.05, 4.69) is 10.6 Å². The SMILES string of the molecule is O=C1Nc2c(Cl)cc3cc(C(=O)N4CCN(CC(F)(F)F)CC4)oc3c2C2(CCCCC2)N1. The van der Waals surface area contributed by atoms with E-state index < -0.39 is 18.3 Å². The fraction of sp³-hybridized carbons (Fsp3) is 0.545. The largest absolute Gasteiger partial charge is 0.450 e. The second kappa shape index (κ2) is 8.09. The van der Waals surface area contributed by atoms with E-state index in [1.54, 1.807) is 12.1 Å². The molecule has 1 saturated carbocycles. The zero-order chi connectivity index (χ0) is 23.4. The molecular formula is C22H24ClF3N4O3. The van der Waals surface area contributed by atoms with Gasteiger partial charge in [0.1, 0.15) is 5.58 Å². The molecule has 5 rings (SSSR count). The molecule has 1 aromatic heterocycles. The Labute approximate surface area is 193 Å². The van der Waals surface area contributed by atoms with E-state index in [-0.39, 0.29) is 43.9 Å². The lowest BCUT2D eigenvalue weighted by Gasteiger charge is -2.42. The van der Waals surface area contributed by atoms with Gasteiger partial charge in [-0.05, 0) is 25.0 Å². The summed E-state index contributed by atoms with van der Waals surface area (Å²) in [5, 5.41) is 6.88. The molecule has 7 nitrogen and oxygen atoms in total. The van der Waals surface area contributed by atoms with Crippen molar-refractivity contribution in [1.29, 1.82) is 0 Å². The van der Waals surface area contributed by atoms with Gasteiger partial charge in [0.15, 0.2) is 5.76 Å². The third kappa shape index (κ3) is 4.14. The topological polar surface area (TPSA) is 77.8 Å². The predicted molar refractivity (Wildman–Crippen MR) is 117 cm³/mol. The van der Waals surface area contributed by atoms with Gasteiger partial charge in [0, 0.05) is 37.1 Å². The van der Waals surface area contributed by atoms with Gasteiger partial charge < -0.3 is 20.0 Å². The van der Waals surface area contributed by atoms with Crippen molar-refractivity contribution < 1.29 is 27.2 Å². The minimum Gasteiger partial charge on any atom is -0.450 e. The fourth-order valence-corrected chi connectivity index (χ4v) is 5.57. The zero-order valence-electron chi connectivity index (χ0n) is 17.9. The molecule has 1 aromatic carbocycles. The molecular weight excluding hydrogens is 461 g/mol. The molecule has 3 heterocycles. The van der Waals surface area contributed by atoms with E-state index in [0.29, 0.717) is 21.7 Å². The quantitative estimate of drug-likeness (QED) is 0.647. The monoisotopic (exact) mass is 484 g/mol. The Morgan fingerprint density at radius 2 is 1.82 bits per heavy atom. The number of rotatable bonds is 2. The number of amides is 3. The van der Waals surface area contributed by atoms with Crippen LogP contribution >= 0.6 is 11.6 Å². The van der Waals surface area contributed by atoms with Crippen LogP contribution < -0.4 is 10.6 Å². The third-order valence-electron chi connectivity index (χ3n) is 6.81. The molecule has 2 fully saturated rings. The molecule has 2 aromatic rings. The van der Waals surface area contributed by atoms with Gasteiger partial charge >= 0.3 is 12.2 Å². The normalized spacial score (nSPS) is 21.1. The highest BCUT2D eigenvalue weighted by molar-refractivity contribution is 6.35. The number of fused-ring (bicyclic) bond motifs is 4. The Kier molecular flexibility index (Phi) is 5.48. The first kappa shape index (κ1) is 22.3. The average Bonchev–Trinajstić information content (AvgIpc) is 3.16. The van der Waals surface area contributed by atoms with Gasteiger partial charge in [-0.25, -0.2) is 4.79 Å². The average molecular weight is 485 g/mol. The first-order valence-electron chi connectivity index (χ1n) is 11.1. The van der Waals surface area contributed by atoms with E-state index in [1.165, 1.54) is 9.80 Å². The predicted octanol–water partition coefficient (Wildman–Crippen LogP) is 4.70. The molecule has 1 aliphatic carbocycles. The lowest BCUT2D eigenvalue weighted by Crippen LogP contribution is -2.52. The van der Waals surface area contributed by atoms with Crippen LogP contribution in [0.15, 0.2) is 16.5 Å². The van der Waals surface area contributed by atoms with Crippen LogP contribution in [0.5, 0.6) is 0 Å². The number of carbonyl (C=O) groups is 2. The van der Waals surface area contributed by atoms with Gasteiger partial charge in [0.2, 0.25) is 0 Å². The molecule has 1 spiro atoms. The highest BCUT2D eigenvalue weighted by atomic mass is 35.5. The number of nitrogens with one attached hydrogen (secondary N) is 2. The van der Waals surface area contributed by atoms with Crippen LogP contribution in [0.4, 0.5) is 23.7 Å². The van der Waals surface area contributed by atoms with Gasteiger partial charge in [-0.2, -0.15) is 13.2 Å². The van der Waals surface area contributed by atoms with Crippen LogP contribution in [-0.4, -0.2) is 60.6 Å². The summed E-state index contributed by atoms with van der Waals surface area (Å²) in [7, 11) is 0. The molecule has 3 aliphatic rings. The lowest BCUT2D eigenvalue weighted by molar-refractivity contribution is -0.148. The number of benzene rings is 1. The van der Waals surface area contributed by atoms with E-state index >= 15 is 0 Å². The Balaban J connectivity index is 1.46. The minimum atomic E-state index is -4.26. The van der Waals surface area contributed by atoms with Gasteiger partial charge in [0.25, 0.3) is 5.91 Å². The fourth-order valence-electron chi connectivity index (χ4n) is 5.31. The van der Waals surface area contributed by atoms with E-state index in [9.17, 15) is 22.8 Å². The molecule has 1 saturated heterocycles. The molecule has 3 amide bonds. The van der Waals surface area contributed by atoms with Crippen LogP contribution in [-0.2, 0) is 5.54 Å². The number of alkyl halides is 3. The summed E-state index contributed by atoms with van der Waals surface area (Å²) < 4.78 is 44.0. The smallest absolute Gasteiger partial charge is 0.401 e. The van der Waals surface area contributed by atoms with Crippen LogP contribution in [0.1, 0.15) is 48.2 Å². The van der Waals surface area contributed by atoms with Crippen molar-refractivity contribution in [2.45, 2.75) is 43.8 Å². The minimum absolute atomic E-state index is 0.113. The Morgan fingerprint density at radius 1 is 1.12 bits per heavy atom. The maximum atomic E-state index is 13.1. The maximum Gasteiger partial charge on any atom is 0.401 e. The van der Waals surface area contributed by atoms with Gasteiger partial charge in [-0.15, -0.1) is 0 Å². The second-order valence-corrected chi connectivity index (χ2v) is 9.45. The summed E-state index contributed by atoms with van der Waals surface area (Å²) in [6.07, 6.45) is 0.195. The van der Waals surface area contributed by atoms with Crippen molar-refractivity contribution in [3.63, 3.8) is 0 Å². The Hall–Kier alpha value is -2.46. The van der Waals surface area contributed by atoms with Crippen molar-refractivity contribution in [3.05, 3.63) is 28.5 Å². The number of piperazine rings is 1. The summed E-state index contributed by atoms with van der Waals surface area (Å²) in [6.45, 7) is -0.318. The van der Waals surface area contributed by atoms with Crippen LogP contribution in [0.2, 0.25) is 5.02 Å². The van der Waals surface area contributed by atoms with Crippen LogP contribution in [0.25, 0.3) is 11.0 Å². The molecule has 178 valence electrons. The molecule has 0 atom stereocenters. The van der Waals surface area contributed by atoms with Gasteiger partial charge in [0.05, 0.1) is 22.8 Å². The Bertz CT molecular complexity index is 1100. The number of hydrogen-bond acceptors (Lipinski definition) is 4. The highest BCUT2D eigenvalue weighted by Gasteiger charge is 2.44. The molecule has 33 heavy (non-hydrogen) atoms. The molecule has 0 radical (unpaired) electrons. The molecule has 11 heteroatoms. The molecule has 2 N–H and O–H groups in total. The van der Waals surface area contributed by atoms with Gasteiger partial charge in [-0.1, -0.05) is 30.9 Å². The summed E-state index contributed by atoms with van der Waals surface area (Å²) in [6, 6.07) is 2.98. The van der Waals surface area contributed by atoms with Crippen LogP contribution in [0, 0.1) is 0 Å². The molecule has 2 aliphatic heterocycles. The molecule has 0 bridgehead atoms. The van der Waals surface area contributed by atoms with E-state index in [4.69, 9.17) is 16.0 Å². The number of urea groups is 1. The standard InChI is InChI=1S/C22H24ClF3N4O3/c23-14-10-13-11-15(19(31)30-8-6-29(7-9-30)12-22(24,25)26)33-18(13)16-17(14)27-20(32)28-21(16)4-2-1-3-5-21/h10-11H,1-9,12H2,(H2,27,28,32). The summed E-state index contributed by atoms with van der Waals surface area (Å²) >= 11 is 6.52. The van der Waals surface area contributed by atoms with E-state index in [1.807, 2.05) is 0 Å². The lowest BCUT2D eigenvalue weighted by atomic mass is 9.74. The first-order chi connectivity index (χ1) is 15.7. The first-order valence-corrected chi connectivity index (χ1v) is 11.5. The number of furan rings is 1. The number of anilines is 1. The van der Waals surface area contributed by atoms with E-state index in [0.717, 1.165) is 37.7 Å². The number of halogens is 4. The summed E-state index contributed by atoms with van der Waals surface area (Å²) in [5.41, 5.74) is 1.16. The summed E-state index contributed by atoms with van der Waals surface area (Å²) in [5.74, 6) is -0.255. The third-order valence-corrected chi connectivity index (χ3v) is 7.11. The van der Waals surface area contributed by atoms with Crippen molar-refractivity contribution in [3.8, 4) is 0 Å². The number of carbonyl (C=O) groups excluding carboxylic acids is 2. The maximum absolute atomic E-state index is 13.1. The van der Waals surface area contributed by atoms with Crippen molar-refractivity contribution in [1.82, 2.24) is 15.1 Å². The van der Waals surface area contributed by atoms with Crippen molar-refractivity contribution in [2.75, 3.05) is 38.0 Å². The number of hydrogen-bond donors (Lipinski definition) is 2. The highest BCUT2D eigenvalue weighted by Crippen LogP contribution is 2.49. The molecule has 0 unspecified atom stereocenters. The second-order valence-electron chi connectivity index (χ2n) is 9.04. The van der Waals surface area contributed by atoms with Crippen molar-refractivity contribution >= 4 is 40.2 Å². The zero-order valence-corrected chi connectivity index (χ0v) is 18.6. The summed E-state index contributed by atoms with van der Waals surface area (Å²) in [4.78, 5) is 28.3. The number of nitrogens with zero attached hydrogens (tertiary/aromatic N) is 2. The van der Waals surface area contributed by atoms with Crippen molar-refractivity contribution in [2.24, 2.45) is 0 Å². The Morgan fingerprint density at radius 3 is 2.48 bits per heavy atom.